The van der Waals surface area contributed by atoms with Gasteiger partial charge in [-0.2, -0.15) is 0 Å². The molecule has 2 rings (SSSR count). The van der Waals surface area contributed by atoms with Crippen LogP contribution in [-0.4, -0.2) is 24.5 Å². The lowest BCUT2D eigenvalue weighted by Crippen LogP contribution is -2.39. The average Bonchev–Trinajstić information content (AvgIpc) is 2.55. The van der Waals surface area contributed by atoms with Crippen molar-refractivity contribution in [2.75, 3.05) is 13.6 Å². The van der Waals surface area contributed by atoms with Gasteiger partial charge in [0.15, 0.2) is 0 Å². The van der Waals surface area contributed by atoms with Gasteiger partial charge in [0.25, 0.3) is 0 Å². The standard InChI is InChI=1S/C18H22N2O/c1-15(17-11-7-4-8-12-17)20(2)18(21)19-14-13-16-9-5-3-6-10-16/h3-12,15H,13-14H2,1-2H3,(H,19,21)/t15-/m1/s1. The molecular weight excluding hydrogens is 260 g/mol. The Morgan fingerprint density at radius 1 is 1.05 bits per heavy atom. The third-order valence-corrected chi connectivity index (χ3v) is 3.72. The second-order valence-corrected chi connectivity index (χ2v) is 5.17. The number of urea groups is 1. The molecule has 0 saturated carbocycles. The summed E-state index contributed by atoms with van der Waals surface area (Å²) in [5, 5.41) is 2.97. The van der Waals surface area contributed by atoms with Crippen LogP contribution in [0.2, 0.25) is 0 Å². The number of amides is 2. The summed E-state index contributed by atoms with van der Waals surface area (Å²) in [5.41, 5.74) is 2.37. The van der Waals surface area contributed by atoms with Gasteiger partial charge < -0.3 is 10.2 Å². The molecule has 0 aliphatic heterocycles. The van der Waals surface area contributed by atoms with Crippen molar-refractivity contribution < 1.29 is 4.79 Å². The van der Waals surface area contributed by atoms with Gasteiger partial charge in [0.05, 0.1) is 6.04 Å². The van der Waals surface area contributed by atoms with Crippen molar-refractivity contribution >= 4 is 6.03 Å². The molecule has 0 unspecified atom stereocenters. The van der Waals surface area contributed by atoms with E-state index >= 15 is 0 Å². The molecule has 0 aliphatic rings. The maximum absolute atomic E-state index is 12.2. The number of nitrogens with zero attached hydrogens (tertiary/aromatic N) is 1. The monoisotopic (exact) mass is 282 g/mol. The minimum Gasteiger partial charge on any atom is -0.338 e. The topological polar surface area (TPSA) is 32.3 Å². The summed E-state index contributed by atoms with van der Waals surface area (Å²) in [5.74, 6) is 0. The summed E-state index contributed by atoms with van der Waals surface area (Å²) in [4.78, 5) is 13.9. The molecule has 1 N–H and O–H groups in total. The van der Waals surface area contributed by atoms with E-state index in [0.717, 1.165) is 12.0 Å². The number of nitrogens with one attached hydrogen (secondary N) is 1. The Balaban J connectivity index is 1.82. The van der Waals surface area contributed by atoms with Gasteiger partial charge >= 0.3 is 6.03 Å². The van der Waals surface area contributed by atoms with E-state index in [1.165, 1.54) is 5.56 Å². The number of hydrogen-bond donors (Lipinski definition) is 1. The molecule has 0 saturated heterocycles. The Labute approximate surface area is 126 Å². The molecule has 3 nitrogen and oxygen atoms in total. The second kappa shape index (κ2) is 7.48. The molecular formula is C18H22N2O. The Hall–Kier alpha value is -2.29. The summed E-state index contributed by atoms with van der Waals surface area (Å²) in [6.45, 7) is 2.68. The van der Waals surface area contributed by atoms with Gasteiger partial charge in [-0.05, 0) is 24.5 Å². The first kappa shape index (κ1) is 15.1. The van der Waals surface area contributed by atoms with Crippen LogP contribution >= 0.6 is 0 Å². The van der Waals surface area contributed by atoms with Crippen LogP contribution in [0.5, 0.6) is 0 Å². The summed E-state index contributed by atoms with van der Waals surface area (Å²) in [7, 11) is 1.83. The minimum atomic E-state index is -0.0396. The van der Waals surface area contributed by atoms with Crippen LogP contribution in [0.25, 0.3) is 0 Å². The first-order valence-corrected chi connectivity index (χ1v) is 7.28. The maximum atomic E-state index is 12.2. The Morgan fingerprint density at radius 2 is 1.62 bits per heavy atom. The van der Waals surface area contributed by atoms with Crippen LogP contribution < -0.4 is 5.32 Å². The van der Waals surface area contributed by atoms with Crippen LogP contribution in [0, 0.1) is 0 Å². The number of rotatable bonds is 5. The van der Waals surface area contributed by atoms with Gasteiger partial charge in [-0.15, -0.1) is 0 Å². The van der Waals surface area contributed by atoms with Gasteiger partial charge in [-0.3, -0.25) is 0 Å². The highest BCUT2D eigenvalue weighted by molar-refractivity contribution is 5.74. The quantitative estimate of drug-likeness (QED) is 0.892. The number of benzene rings is 2. The Bertz CT molecular complexity index is 554. The first-order valence-electron chi connectivity index (χ1n) is 7.28. The van der Waals surface area contributed by atoms with Crippen LogP contribution in [0.4, 0.5) is 4.79 Å². The second-order valence-electron chi connectivity index (χ2n) is 5.17. The highest BCUT2D eigenvalue weighted by Gasteiger charge is 2.16. The van der Waals surface area contributed by atoms with E-state index in [9.17, 15) is 4.79 Å². The van der Waals surface area contributed by atoms with Crippen molar-refractivity contribution in [3.63, 3.8) is 0 Å². The Morgan fingerprint density at radius 3 is 2.24 bits per heavy atom. The van der Waals surface area contributed by atoms with Crippen LogP contribution in [0.3, 0.4) is 0 Å². The molecule has 0 aliphatic carbocycles. The summed E-state index contributed by atoms with van der Waals surface area (Å²) >= 11 is 0. The van der Waals surface area contributed by atoms with E-state index in [1.807, 2.05) is 62.5 Å². The zero-order valence-corrected chi connectivity index (χ0v) is 12.6. The van der Waals surface area contributed by atoms with Crippen molar-refractivity contribution in [2.24, 2.45) is 0 Å². The molecule has 0 aromatic heterocycles. The first-order chi connectivity index (χ1) is 10.2. The Kier molecular flexibility index (Phi) is 5.38. The minimum absolute atomic E-state index is 0.0396. The van der Waals surface area contributed by atoms with Crippen LogP contribution in [-0.2, 0) is 6.42 Å². The molecule has 21 heavy (non-hydrogen) atoms. The van der Waals surface area contributed by atoms with Gasteiger partial charge in [-0.1, -0.05) is 60.7 Å². The fourth-order valence-electron chi connectivity index (χ4n) is 2.21. The van der Waals surface area contributed by atoms with Crippen molar-refractivity contribution in [3.05, 3.63) is 71.8 Å². The number of hydrogen-bond acceptors (Lipinski definition) is 1. The van der Waals surface area contributed by atoms with E-state index in [-0.39, 0.29) is 12.1 Å². The van der Waals surface area contributed by atoms with Crippen molar-refractivity contribution in [3.8, 4) is 0 Å². The molecule has 2 amide bonds. The van der Waals surface area contributed by atoms with Gasteiger partial charge in [0.2, 0.25) is 0 Å². The van der Waals surface area contributed by atoms with E-state index < -0.39 is 0 Å². The zero-order valence-electron chi connectivity index (χ0n) is 12.6. The fourth-order valence-corrected chi connectivity index (χ4v) is 2.21. The van der Waals surface area contributed by atoms with Gasteiger partial charge in [0.1, 0.15) is 0 Å². The van der Waals surface area contributed by atoms with Gasteiger partial charge in [0, 0.05) is 13.6 Å². The van der Waals surface area contributed by atoms with E-state index in [1.54, 1.807) is 4.90 Å². The third kappa shape index (κ3) is 4.35. The molecule has 0 radical (unpaired) electrons. The number of carbonyl (C=O) groups is 1. The van der Waals surface area contributed by atoms with Crippen molar-refractivity contribution in [1.82, 2.24) is 10.2 Å². The molecule has 0 spiro atoms. The molecule has 1 atom stereocenters. The number of carbonyl (C=O) groups excluding carboxylic acids is 1. The molecule has 2 aromatic rings. The third-order valence-electron chi connectivity index (χ3n) is 3.72. The predicted molar refractivity (Wildman–Crippen MR) is 86.2 cm³/mol. The van der Waals surface area contributed by atoms with Crippen LogP contribution in [0.15, 0.2) is 60.7 Å². The molecule has 2 aromatic carbocycles. The summed E-state index contributed by atoms with van der Waals surface area (Å²) in [6, 6.07) is 20.2. The predicted octanol–water partition coefficient (Wildman–Crippen LogP) is 3.63. The molecule has 0 bridgehead atoms. The highest BCUT2D eigenvalue weighted by Crippen LogP contribution is 2.17. The lowest BCUT2D eigenvalue weighted by Gasteiger charge is -2.25. The fraction of sp³-hybridized carbons (Fsp3) is 0.278. The molecule has 3 heteroatoms. The molecule has 0 heterocycles. The summed E-state index contributed by atoms with van der Waals surface area (Å²) in [6.07, 6.45) is 0.847. The van der Waals surface area contributed by atoms with Crippen LogP contribution in [0.1, 0.15) is 24.1 Å². The molecule has 110 valence electrons. The summed E-state index contributed by atoms with van der Waals surface area (Å²) < 4.78 is 0. The normalized spacial score (nSPS) is 11.7. The van der Waals surface area contributed by atoms with Crippen molar-refractivity contribution in [2.45, 2.75) is 19.4 Å². The van der Waals surface area contributed by atoms with E-state index in [2.05, 4.69) is 17.4 Å². The van der Waals surface area contributed by atoms with Crippen molar-refractivity contribution in [1.29, 1.82) is 0 Å². The van der Waals surface area contributed by atoms with E-state index in [4.69, 9.17) is 0 Å². The lowest BCUT2D eigenvalue weighted by atomic mass is 10.1. The largest absolute Gasteiger partial charge is 0.338 e. The lowest BCUT2D eigenvalue weighted by molar-refractivity contribution is 0.194. The highest BCUT2D eigenvalue weighted by atomic mass is 16.2. The maximum Gasteiger partial charge on any atom is 0.317 e. The average molecular weight is 282 g/mol. The molecule has 0 fully saturated rings. The smallest absolute Gasteiger partial charge is 0.317 e. The zero-order chi connectivity index (χ0) is 15.1. The van der Waals surface area contributed by atoms with E-state index in [0.29, 0.717) is 6.54 Å². The van der Waals surface area contributed by atoms with Gasteiger partial charge in [-0.25, -0.2) is 4.79 Å². The SMILES string of the molecule is C[C@H](c1ccccc1)N(C)C(=O)NCCc1ccccc1.